The highest BCUT2D eigenvalue weighted by Crippen LogP contribution is 2.28. The molecule has 3 rings (SSSR count). The highest BCUT2D eigenvalue weighted by Gasteiger charge is 2.25. The van der Waals surface area contributed by atoms with Gasteiger partial charge in [0.25, 0.3) is 0 Å². The zero-order valence-electron chi connectivity index (χ0n) is 15.0. The average Bonchev–Trinajstić information content (AvgIpc) is 3.06. The van der Waals surface area contributed by atoms with Crippen LogP contribution in [0.2, 0.25) is 0 Å². The van der Waals surface area contributed by atoms with E-state index in [9.17, 15) is 18.0 Å². The second-order valence-electron chi connectivity index (χ2n) is 6.16. The number of amides is 1. The molecule has 1 amide bonds. The molecule has 1 fully saturated rings. The maximum absolute atomic E-state index is 12.7. The number of aryl methyl sites for hydroxylation is 1. The van der Waals surface area contributed by atoms with Crippen molar-refractivity contribution >= 4 is 27.7 Å². The maximum Gasteiger partial charge on any atom is 0.339 e. The summed E-state index contributed by atoms with van der Waals surface area (Å²) in [6.07, 6.45) is 1.29. The van der Waals surface area contributed by atoms with Crippen LogP contribution in [0.25, 0.3) is 0 Å². The Morgan fingerprint density at radius 1 is 1.15 bits per heavy atom. The number of rotatable bonds is 5. The quantitative estimate of drug-likeness (QED) is 0.577. The molecule has 0 saturated carbocycles. The van der Waals surface area contributed by atoms with Gasteiger partial charge in [-0.3, -0.25) is 4.79 Å². The first-order valence-electron chi connectivity index (χ1n) is 8.36. The first-order chi connectivity index (χ1) is 12.8. The van der Waals surface area contributed by atoms with Gasteiger partial charge in [-0.2, -0.15) is 8.42 Å². The van der Waals surface area contributed by atoms with Gasteiger partial charge >= 0.3 is 16.1 Å². The van der Waals surface area contributed by atoms with Gasteiger partial charge in [-0.15, -0.1) is 0 Å². The van der Waals surface area contributed by atoms with Crippen molar-refractivity contribution in [2.24, 2.45) is 0 Å². The summed E-state index contributed by atoms with van der Waals surface area (Å²) in [4.78, 5) is 25.1. The first kappa shape index (κ1) is 18.9. The van der Waals surface area contributed by atoms with E-state index in [1.807, 2.05) is 0 Å². The monoisotopic (exact) mass is 389 g/mol. The van der Waals surface area contributed by atoms with Gasteiger partial charge in [0.2, 0.25) is 5.91 Å². The third kappa shape index (κ3) is 3.95. The number of carbonyl (C=O) groups excluding carboxylic acids is 2. The zero-order valence-corrected chi connectivity index (χ0v) is 15.8. The fourth-order valence-corrected chi connectivity index (χ4v) is 4.10. The summed E-state index contributed by atoms with van der Waals surface area (Å²) in [5.74, 6) is -0.550. The highest BCUT2D eigenvalue weighted by atomic mass is 32.2. The predicted octanol–water partition coefficient (Wildman–Crippen LogP) is 2.68. The van der Waals surface area contributed by atoms with Crippen molar-refractivity contribution in [3.8, 4) is 5.75 Å². The fraction of sp³-hybridized carbons (Fsp3) is 0.263. The van der Waals surface area contributed by atoms with E-state index in [2.05, 4.69) is 4.74 Å². The van der Waals surface area contributed by atoms with E-state index < -0.39 is 16.1 Å². The average molecular weight is 389 g/mol. The summed E-state index contributed by atoms with van der Waals surface area (Å²) in [6.45, 7) is 2.27. The first-order valence-corrected chi connectivity index (χ1v) is 9.76. The number of nitrogens with zero attached hydrogens (tertiary/aromatic N) is 1. The number of ether oxygens (including phenoxy) is 1. The molecule has 1 heterocycles. The van der Waals surface area contributed by atoms with Crippen LogP contribution in [0.5, 0.6) is 5.75 Å². The molecule has 0 atom stereocenters. The van der Waals surface area contributed by atoms with Crippen molar-refractivity contribution in [3.05, 3.63) is 53.6 Å². The molecule has 27 heavy (non-hydrogen) atoms. The lowest BCUT2D eigenvalue weighted by molar-refractivity contribution is -0.117. The van der Waals surface area contributed by atoms with Crippen LogP contribution < -0.4 is 9.08 Å². The molecule has 0 aliphatic carbocycles. The Morgan fingerprint density at radius 2 is 1.93 bits per heavy atom. The topological polar surface area (TPSA) is 90.0 Å². The maximum atomic E-state index is 12.7. The fourth-order valence-electron chi connectivity index (χ4n) is 2.97. The van der Waals surface area contributed by atoms with Gasteiger partial charge in [-0.05, 0) is 55.3 Å². The van der Waals surface area contributed by atoms with Crippen molar-refractivity contribution in [1.82, 2.24) is 0 Å². The van der Waals surface area contributed by atoms with Gasteiger partial charge in [0.15, 0.2) is 0 Å². The normalized spacial score (nSPS) is 14.3. The third-order valence-corrected chi connectivity index (χ3v) is 5.68. The van der Waals surface area contributed by atoms with Crippen molar-refractivity contribution < 1.29 is 26.9 Å². The number of anilines is 1. The molecule has 1 saturated heterocycles. The molecular formula is C19H19NO6S. The Morgan fingerprint density at radius 3 is 2.56 bits per heavy atom. The molecule has 0 spiro atoms. The van der Waals surface area contributed by atoms with E-state index >= 15 is 0 Å². The van der Waals surface area contributed by atoms with Gasteiger partial charge in [0.05, 0.1) is 12.7 Å². The number of hydrogen-bond donors (Lipinski definition) is 0. The minimum atomic E-state index is -4.10. The molecule has 1 aliphatic heterocycles. The smallest absolute Gasteiger partial charge is 0.339 e. The van der Waals surface area contributed by atoms with Crippen LogP contribution >= 0.6 is 0 Å². The Labute approximate surface area is 157 Å². The number of esters is 1. The van der Waals surface area contributed by atoms with Gasteiger partial charge < -0.3 is 13.8 Å². The van der Waals surface area contributed by atoms with Crippen LogP contribution in [0.1, 0.15) is 28.8 Å². The van der Waals surface area contributed by atoms with Crippen molar-refractivity contribution in [2.75, 3.05) is 18.6 Å². The summed E-state index contributed by atoms with van der Waals surface area (Å²) in [7, 11) is -2.86. The molecule has 8 heteroatoms. The number of benzene rings is 2. The van der Waals surface area contributed by atoms with Crippen LogP contribution in [0.3, 0.4) is 0 Å². The molecule has 7 nitrogen and oxygen atoms in total. The summed E-state index contributed by atoms with van der Waals surface area (Å²) in [5, 5.41) is 0. The summed E-state index contributed by atoms with van der Waals surface area (Å²) in [5.41, 5.74) is 1.32. The van der Waals surface area contributed by atoms with Crippen LogP contribution in [-0.2, 0) is 19.6 Å². The molecule has 142 valence electrons. The molecule has 0 bridgehead atoms. The lowest BCUT2D eigenvalue weighted by Crippen LogP contribution is -2.24. The number of hydrogen-bond acceptors (Lipinski definition) is 6. The lowest BCUT2D eigenvalue weighted by Gasteiger charge is -2.17. The number of carbonyl (C=O) groups is 2. The molecule has 0 N–H and O–H groups in total. The Hall–Kier alpha value is -2.87. The molecule has 1 aliphatic rings. The molecule has 2 aromatic carbocycles. The molecule has 0 unspecified atom stereocenters. The van der Waals surface area contributed by atoms with E-state index in [0.717, 1.165) is 6.42 Å². The SMILES string of the molecule is COC(=O)c1cccc(OS(=O)(=O)c2ccc(N3CCCC3=O)cc2C)c1. The zero-order chi connectivity index (χ0) is 19.6. The highest BCUT2D eigenvalue weighted by molar-refractivity contribution is 7.87. The van der Waals surface area contributed by atoms with Gasteiger partial charge in [-0.25, -0.2) is 4.79 Å². The molecule has 2 aromatic rings. The van der Waals surface area contributed by atoms with E-state index in [1.54, 1.807) is 24.0 Å². The molecule has 0 aromatic heterocycles. The van der Waals surface area contributed by atoms with Crippen LogP contribution in [0, 0.1) is 6.92 Å². The lowest BCUT2D eigenvalue weighted by atomic mass is 10.2. The van der Waals surface area contributed by atoms with Crippen LogP contribution in [0.4, 0.5) is 5.69 Å². The van der Waals surface area contributed by atoms with Crippen LogP contribution in [0.15, 0.2) is 47.4 Å². The second-order valence-corrected chi connectivity index (χ2v) is 7.67. The molecule has 0 radical (unpaired) electrons. The largest absolute Gasteiger partial charge is 0.465 e. The predicted molar refractivity (Wildman–Crippen MR) is 98.4 cm³/mol. The number of methoxy groups -OCH3 is 1. The van der Waals surface area contributed by atoms with Crippen molar-refractivity contribution in [3.63, 3.8) is 0 Å². The summed E-state index contributed by atoms with van der Waals surface area (Å²) < 4.78 is 35.1. The second kappa shape index (κ2) is 7.40. The van der Waals surface area contributed by atoms with Crippen molar-refractivity contribution in [2.45, 2.75) is 24.7 Å². The summed E-state index contributed by atoms with van der Waals surface area (Å²) in [6, 6.07) is 10.4. The van der Waals surface area contributed by atoms with Crippen molar-refractivity contribution in [1.29, 1.82) is 0 Å². The van der Waals surface area contributed by atoms with E-state index in [4.69, 9.17) is 4.18 Å². The van der Waals surface area contributed by atoms with E-state index in [1.165, 1.54) is 37.4 Å². The third-order valence-electron chi connectivity index (χ3n) is 4.27. The van der Waals surface area contributed by atoms with Crippen LogP contribution in [-0.4, -0.2) is 33.9 Å². The van der Waals surface area contributed by atoms with E-state index in [-0.39, 0.29) is 22.1 Å². The van der Waals surface area contributed by atoms with Gasteiger partial charge in [0, 0.05) is 18.7 Å². The van der Waals surface area contributed by atoms with Gasteiger partial charge in [0.1, 0.15) is 10.6 Å². The summed E-state index contributed by atoms with van der Waals surface area (Å²) >= 11 is 0. The standard InChI is InChI=1S/C19H19NO6S/c1-13-11-15(20-10-4-7-18(20)21)8-9-17(13)27(23,24)26-16-6-3-5-14(12-16)19(22)25-2/h3,5-6,8-9,11-12H,4,7,10H2,1-2H3. The van der Waals surface area contributed by atoms with Gasteiger partial charge in [-0.1, -0.05) is 6.07 Å². The minimum Gasteiger partial charge on any atom is -0.465 e. The van der Waals surface area contributed by atoms with E-state index in [0.29, 0.717) is 24.2 Å². The Bertz CT molecular complexity index is 999. The molecular weight excluding hydrogens is 370 g/mol. The minimum absolute atomic E-state index is 0.00127. The Kier molecular flexibility index (Phi) is 5.18. The Balaban J connectivity index is 1.87.